The van der Waals surface area contributed by atoms with E-state index in [4.69, 9.17) is 0 Å². The lowest BCUT2D eigenvalue weighted by molar-refractivity contribution is -0.137. The van der Waals surface area contributed by atoms with Crippen molar-refractivity contribution in [3.05, 3.63) is 65.2 Å². The number of nitrogens with one attached hydrogen (secondary N) is 1. The molecule has 0 aromatic heterocycles. The highest BCUT2D eigenvalue weighted by Crippen LogP contribution is 2.32. The van der Waals surface area contributed by atoms with Crippen molar-refractivity contribution in [2.24, 2.45) is 0 Å². The Balaban J connectivity index is 1.16. The molecule has 2 aliphatic rings. The van der Waals surface area contributed by atoms with E-state index in [1.54, 1.807) is 6.07 Å². The van der Waals surface area contributed by atoms with Crippen molar-refractivity contribution in [1.82, 2.24) is 10.2 Å². The first-order chi connectivity index (χ1) is 15.0. The normalized spacial score (nSPS) is 20.4. The molecule has 2 heterocycles. The Morgan fingerprint density at radius 1 is 0.935 bits per heavy atom. The minimum atomic E-state index is -4.29. The first-order valence-electron chi connectivity index (χ1n) is 11.5. The van der Waals surface area contributed by atoms with E-state index in [0.29, 0.717) is 11.7 Å². The predicted molar refractivity (Wildman–Crippen MR) is 119 cm³/mol. The lowest BCUT2D eigenvalue weighted by atomic mass is 10.0. The molecular weight excluding hydrogens is 399 g/mol. The fourth-order valence-electron chi connectivity index (χ4n) is 4.66. The number of aryl methyl sites for hydroxylation is 1. The van der Waals surface area contributed by atoms with E-state index in [0.717, 1.165) is 64.6 Å². The van der Waals surface area contributed by atoms with Gasteiger partial charge in [0.25, 0.3) is 0 Å². The number of nitrogens with zero attached hydrogens (tertiary/aromatic N) is 2. The maximum absolute atomic E-state index is 13.0. The molecule has 0 saturated carbocycles. The molecule has 2 saturated heterocycles. The van der Waals surface area contributed by atoms with Crippen LogP contribution in [0.5, 0.6) is 0 Å². The van der Waals surface area contributed by atoms with Crippen LogP contribution < -0.4 is 10.2 Å². The van der Waals surface area contributed by atoms with Gasteiger partial charge in [0.1, 0.15) is 0 Å². The number of anilines is 1. The molecule has 1 N–H and O–H groups in total. The Labute approximate surface area is 183 Å². The summed E-state index contributed by atoms with van der Waals surface area (Å²) in [6, 6.07) is 15.3. The molecule has 1 unspecified atom stereocenters. The first kappa shape index (κ1) is 22.2. The highest BCUT2D eigenvalue weighted by atomic mass is 19.4. The monoisotopic (exact) mass is 431 g/mol. The van der Waals surface area contributed by atoms with Gasteiger partial charge in [0, 0.05) is 37.9 Å². The fourth-order valence-corrected chi connectivity index (χ4v) is 4.66. The number of benzene rings is 2. The third-order valence-electron chi connectivity index (χ3n) is 6.54. The van der Waals surface area contributed by atoms with Crippen LogP contribution in [0.4, 0.5) is 18.9 Å². The molecule has 0 spiro atoms. The Morgan fingerprint density at radius 3 is 2.39 bits per heavy atom. The van der Waals surface area contributed by atoms with Gasteiger partial charge in [0.05, 0.1) is 5.56 Å². The lowest BCUT2D eigenvalue weighted by Crippen LogP contribution is -2.46. The standard InChI is InChI=1S/C25H32F3N3/c26-25(27,28)22-6-3-7-23(19-22)31-17-15-30(16-18-31)14-2-1-5-20-9-11-21(12-10-20)24-8-4-13-29-24/h3,6-7,9-12,19,24,29H,1-2,4-5,8,13-18H2. The van der Waals surface area contributed by atoms with Gasteiger partial charge in [-0.1, -0.05) is 30.3 Å². The van der Waals surface area contributed by atoms with Gasteiger partial charge in [-0.15, -0.1) is 0 Å². The van der Waals surface area contributed by atoms with Crippen LogP contribution in [-0.2, 0) is 12.6 Å². The van der Waals surface area contributed by atoms with E-state index in [9.17, 15) is 13.2 Å². The summed E-state index contributed by atoms with van der Waals surface area (Å²) in [6.07, 6.45) is 1.62. The van der Waals surface area contributed by atoms with E-state index in [-0.39, 0.29) is 0 Å². The molecule has 31 heavy (non-hydrogen) atoms. The van der Waals surface area contributed by atoms with Crippen molar-refractivity contribution in [2.75, 3.05) is 44.2 Å². The van der Waals surface area contributed by atoms with Crippen LogP contribution in [0.25, 0.3) is 0 Å². The zero-order valence-electron chi connectivity index (χ0n) is 18.0. The van der Waals surface area contributed by atoms with Gasteiger partial charge >= 0.3 is 6.18 Å². The van der Waals surface area contributed by atoms with Gasteiger partial charge in [-0.3, -0.25) is 4.90 Å². The van der Waals surface area contributed by atoms with Crippen molar-refractivity contribution in [3.63, 3.8) is 0 Å². The summed E-state index contributed by atoms with van der Waals surface area (Å²) in [5, 5.41) is 3.54. The number of piperazine rings is 1. The Kier molecular flexibility index (Phi) is 7.18. The Hall–Kier alpha value is -2.05. The molecular formula is C25H32F3N3. The quantitative estimate of drug-likeness (QED) is 0.602. The number of hydrogen-bond acceptors (Lipinski definition) is 3. The smallest absolute Gasteiger partial charge is 0.369 e. The average molecular weight is 432 g/mol. The van der Waals surface area contributed by atoms with Crippen molar-refractivity contribution in [3.8, 4) is 0 Å². The SMILES string of the molecule is FC(F)(F)c1cccc(N2CCN(CCCCc3ccc(C4CCCN4)cc3)CC2)c1. The van der Waals surface area contributed by atoms with Gasteiger partial charge in [0.2, 0.25) is 0 Å². The van der Waals surface area contributed by atoms with Crippen LogP contribution in [0.15, 0.2) is 48.5 Å². The Morgan fingerprint density at radius 2 is 1.71 bits per heavy atom. The molecule has 0 radical (unpaired) electrons. The topological polar surface area (TPSA) is 18.5 Å². The van der Waals surface area contributed by atoms with Crippen molar-refractivity contribution in [2.45, 2.75) is 44.3 Å². The zero-order valence-corrected chi connectivity index (χ0v) is 18.0. The number of halogens is 3. The summed E-state index contributed by atoms with van der Waals surface area (Å²) in [5.41, 5.74) is 2.90. The Bertz CT molecular complexity index is 821. The van der Waals surface area contributed by atoms with E-state index in [1.807, 2.05) is 0 Å². The molecule has 6 heteroatoms. The van der Waals surface area contributed by atoms with Crippen LogP contribution in [-0.4, -0.2) is 44.2 Å². The number of rotatable bonds is 7. The third-order valence-corrected chi connectivity index (χ3v) is 6.54. The lowest BCUT2D eigenvalue weighted by Gasteiger charge is -2.36. The summed E-state index contributed by atoms with van der Waals surface area (Å²) >= 11 is 0. The molecule has 168 valence electrons. The summed E-state index contributed by atoms with van der Waals surface area (Å²) in [7, 11) is 0. The molecule has 3 nitrogen and oxygen atoms in total. The second-order valence-electron chi connectivity index (χ2n) is 8.72. The maximum Gasteiger partial charge on any atom is 0.416 e. The minimum Gasteiger partial charge on any atom is -0.369 e. The molecule has 2 fully saturated rings. The van der Waals surface area contributed by atoms with E-state index in [1.165, 1.54) is 36.1 Å². The highest BCUT2D eigenvalue weighted by molar-refractivity contribution is 5.49. The van der Waals surface area contributed by atoms with Crippen molar-refractivity contribution in [1.29, 1.82) is 0 Å². The van der Waals surface area contributed by atoms with Gasteiger partial charge in [-0.05, 0) is 74.5 Å². The van der Waals surface area contributed by atoms with Crippen LogP contribution in [0, 0.1) is 0 Å². The van der Waals surface area contributed by atoms with Gasteiger partial charge in [-0.2, -0.15) is 13.2 Å². The molecule has 2 aromatic rings. The molecule has 2 aromatic carbocycles. The number of alkyl halides is 3. The van der Waals surface area contributed by atoms with E-state index < -0.39 is 11.7 Å². The minimum absolute atomic E-state index is 0.531. The molecule has 2 aliphatic heterocycles. The first-order valence-corrected chi connectivity index (χ1v) is 11.5. The summed E-state index contributed by atoms with van der Waals surface area (Å²) < 4.78 is 38.9. The van der Waals surface area contributed by atoms with Gasteiger partial charge in [0.15, 0.2) is 0 Å². The van der Waals surface area contributed by atoms with Crippen molar-refractivity contribution >= 4 is 5.69 Å². The second-order valence-corrected chi connectivity index (χ2v) is 8.72. The number of hydrogen-bond donors (Lipinski definition) is 1. The fraction of sp³-hybridized carbons (Fsp3) is 0.520. The summed E-state index contributed by atoms with van der Waals surface area (Å²) in [5.74, 6) is 0. The zero-order chi connectivity index (χ0) is 21.7. The summed E-state index contributed by atoms with van der Waals surface area (Å²) in [6.45, 7) is 5.54. The van der Waals surface area contributed by atoms with Gasteiger partial charge in [-0.25, -0.2) is 0 Å². The predicted octanol–water partition coefficient (Wildman–Crippen LogP) is 5.27. The second kappa shape index (κ2) is 10.0. The van der Waals surface area contributed by atoms with Crippen molar-refractivity contribution < 1.29 is 13.2 Å². The molecule has 1 atom stereocenters. The molecule has 0 amide bonds. The van der Waals surface area contributed by atoms with Crippen LogP contribution in [0.1, 0.15) is 48.4 Å². The molecule has 0 bridgehead atoms. The highest BCUT2D eigenvalue weighted by Gasteiger charge is 2.31. The van der Waals surface area contributed by atoms with E-state index >= 15 is 0 Å². The van der Waals surface area contributed by atoms with Gasteiger partial charge < -0.3 is 10.2 Å². The largest absolute Gasteiger partial charge is 0.416 e. The maximum atomic E-state index is 13.0. The van der Waals surface area contributed by atoms with Crippen LogP contribution >= 0.6 is 0 Å². The third kappa shape index (κ3) is 6.01. The number of unbranched alkanes of at least 4 members (excludes halogenated alkanes) is 1. The van der Waals surface area contributed by atoms with E-state index in [2.05, 4.69) is 39.4 Å². The molecule has 0 aliphatic carbocycles. The molecule has 4 rings (SSSR count). The summed E-state index contributed by atoms with van der Waals surface area (Å²) in [4.78, 5) is 4.49. The van der Waals surface area contributed by atoms with Crippen LogP contribution in [0.2, 0.25) is 0 Å². The average Bonchev–Trinajstić information content (AvgIpc) is 3.32. The van der Waals surface area contributed by atoms with Crippen LogP contribution in [0.3, 0.4) is 0 Å².